The number of hydrogen-bond donors (Lipinski definition) is 1. The smallest absolute Gasteiger partial charge is 0.339 e. The summed E-state index contributed by atoms with van der Waals surface area (Å²) in [4.78, 5) is 12.2. The molecule has 0 atom stereocenters. The Morgan fingerprint density at radius 1 is 1.15 bits per heavy atom. The molecule has 3 aromatic rings. The van der Waals surface area contributed by atoms with Crippen molar-refractivity contribution in [2.45, 2.75) is 18.7 Å². The predicted molar refractivity (Wildman–Crippen MR) is 131 cm³/mol. The van der Waals surface area contributed by atoms with Crippen LogP contribution in [0.1, 0.15) is 28.4 Å². The molecule has 1 amide bonds. The Hall–Kier alpha value is -2.88. The van der Waals surface area contributed by atoms with E-state index in [1.54, 1.807) is 43.3 Å². The standard InChI is InChI=1S/C23H20BrClN2O5S/c1-3-31-21-12-16(14-26-27-23(28)17-5-4-6-18(24)13-17)11-20(25)22(21)32-33(29,30)19-9-7-15(2)8-10-19/h4-14H,3H2,1-2H3,(H,27,28)/b26-14-. The molecule has 0 heterocycles. The summed E-state index contributed by atoms with van der Waals surface area (Å²) in [5.74, 6) is -0.400. The summed E-state index contributed by atoms with van der Waals surface area (Å²) in [5.41, 5.74) is 4.24. The number of hydrogen-bond acceptors (Lipinski definition) is 6. The number of carbonyl (C=O) groups excluding carboxylic acids is 1. The third kappa shape index (κ3) is 6.56. The first-order valence-corrected chi connectivity index (χ1v) is 12.3. The minimum atomic E-state index is -4.13. The second-order valence-corrected chi connectivity index (χ2v) is 9.69. The fourth-order valence-electron chi connectivity index (χ4n) is 2.73. The van der Waals surface area contributed by atoms with Crippen molar-refractivity contribution in [2.24, 2.45) is 5.10 Å². The van der Waals surface area contributed by atoms with Gasteiger partial charge in [-0.2, -0.15) is 13.5 Å². The SMILES string of the molecule is CCOc1cc(/C=N\NC(=O)c2cccc(Br)c2)cc(Cl)c1OS(=O)(=O)c1ccc(C)cc1. The fraction of sp³-hybridized carbons (Fsp3) is 0.130. The molecule has 10 heteroatoms. The van der Waals surface area contributed by atoms with E-state index in [9.17, 15) is 13.2 Å². The van der Waals surface area contributed by atoms with Crippen molar-refractivity contribution in [3.63, 3.8) is 0 Å². The average Bonchev–Trinajstić information content (AvgIpc) is 2.76. The van der Waals surface area contributed by atoms with Crippen LogP contribution in [0.4, 0.5) is 0 Å². The molecule has 0 bridgehead atoms. The lowest BCUT2D eigenvalue weighted by Gasteiger charge is -2.14. The van der Waals surface area contributed by atoms with Crippen molar-refractivity contribution < 1.29 is 22.1 Å². The van der Waals surface area contributed by atoms with Crippen LogP contribution < -0.4 is 14.3 Å². The van der Waals surface area contributed by atoms with Crippen LogP contribution in [0.2, 0.25) is 5.02 Å². The molecule has 0 aliphatic rings. The third-order valence-electron chi connectivity index (χ3n) is 4.30. The topological polar surface area (TPSA) is 94.1 Å². The number of nitrogens with one attached hydrogen (secondary N) is 1. The van der Waals surface area contributed by atoms with E-state index in [1.807, 2.05) is 6.92 Å². The largest absolute Gasteiger partial charge is 0.490 e. The molecule has 0 aliphatic heterocycles. The van der Waals surface area contributed by atoms with Gasteiger partial charge in [0.2, 0.25) is 5.75 Å². The number of ether oxygens (including phenoxy) is 1. The number of rotatable bonds is 8. The van der Waals surface area contributed by atoms with Crippen LogP contribution in [0.5, 0.6) is 11.5 Å². The number of benzene rings is 3. The first kappa shape index (κ1) is 24.8. The van der Waals surface area contributed by atoms with Gasteiger partial charge in [0, 0.05) is 10.0 Å². The second-order valence-electron chi connectivity index (χ2n) is 6.82. The Bertz CT molecular complexity index is 1290. The van der Waals surface area contributed by atoms with Crippen LogP contribution in [0.25, 0.3) is 0 Å². The van der Waals surface area contributed by atoms with Crippen LogP contribution in [-0.4, -0.2) is 27.1 Å². The van der Waals surface area contributed by atoms with E-state index in [-0.39, 0.29) is 28.0 Å². The van der Waals surface area contributed by atoms with E-state index in [2.05, 4.69) is 26.5 Å². The first-order chi connectivity index (χ1) is 15.7. The van der Waals surface area contributed by atoms with Crippen LogP contribution >= 0.6 is 27.5 Å². The Balaban J connectivity index is 1.82. The Morgan fingerprint density at radius 3 is 2.55 bits per heavy atom. The summed E-state index contributed by atoms with van der Waals surface area (Å²) in [7, 11) is -4.13. The zero-order valence-electron chi connectivity index (χ0n) is 17.7. The molecule has 0 unspecified atom stereocenters. The van der Waals surface area contributed by atoms with Crippen molar-refractivity contribution >= 4 is 49.8 Å². The number of hydrazone groups is 1. The van der Waals surface area contributed by atoms with Gasteiger partial charge in [-0.1, -0.05) is 51.3 Å². The van der Waals surface area contributed by atoms with E-state index in [0.29, 0.717) is 11.1 Å². The van der Waals surface area contributed by atoms with Crippen LogP contribution in [0.3, 0.4) is 0 Å². The van der Waals surface area contributed by atoms with Crippen LogP contribution in [0.15, 0.2) is 75.1 Å². The first-order valence-electron chi connectivity index (χ1n) is 9.76. The predicted octanol–water partition coefficient (Wildman–Crippen LogP) is 5.34. The number of halogens is 2. The van der Waals surface area contributed by atoms with Crippen molar-refractivity contribution in [1.82, 2.24) is 5.43 Å². The quantitative estimate of drug-likeness (QED) is 0.232. The van der Waals surface area contributed by atoms with E-state index >= 15 is 0 Å². The van der Waals surface area contributed by atoms with Crippen LogP contribution in [0, 0.1) is 6.92 Å². The zero-order valence-corrected chi connectivity index (χ0v) is 20.9. The van der Waals surface area contributed by atoms with Gasteiger partial charge in [-0.15, -0.1) is 0 Å². The fourth-order valence-corrected chi connectivity index (χ4v) is 4.39. The molecule has 3 rings (SSSR count). The van der Waals surface area contributed by atoms with Crippen molar-refractivity contribution in [1.29, 1.82) is 0 Å². The van der Waals surface area contributed by atoms with Crippen molar-refractivity contribution in [2.75, 3.05) is 6.61 Å². The van der Waals surface area contributed by atoms with Gasteiger partial charge in [0.25, 0.3) is 5.91 Å². The number of aryl methyl sites for hydroxylation is 1. The Kier molecular flexibility index (Phi) is 8.12. The zero-order chi connectivity index (χ0) is 24.0. The number of amides is 1. The van der Waals surface area contributed by atoms with Gasteiger partial charge in [-0.05, 0) is 61.9 Å². The van der Waals surface area contributed by atoms with Gasteiger partial charge in [-0.25, -0.2) is 5.43 Å². The maximum atomic E-state index is 12.7. The summed E-state index contributed by atoms with van der Waals surface area (Å²) in [6, 6.07) is 16.1. The maximum absolute atomic E-state index is 12.7. The molecule has 0 aromatic heterocycles. The van der Waals surface area contributed by atoms with Crippen LogP contribution in [-0.2, 0) is 10.1 Å². The monoisotopic (exact) mass is 550 g/mol. The molecule has 0 spiro atoms. The average molecular weight is 552 g/mol. The summed E-state index contributed by atoms with van der Waals surface area (Å²) in [5, 5.41) is 3.95. The molecule has 33 heavy (non-hydrogen) atoms. The highest BCUT2D eigenvalue weighted by Gasteiger charge is 2.22. The van der Waals surface area contributed by atoms with Gasteiger partial charge in [0.05, 0.1) is 17.8 Å². The van der Waals surface area contributed by atoms with E-state index < -0.39 is 16.0 Å². The molecule has 0 saturated carbocycles. The van der Waals surface area contributed by atoms with Gasteiger partial charge < -0.3 is 8.92 Å². The second kappa shape index (κ2) is 10.8. The molecule has 172 valence electrons. The third-order valence-corrected chi connectivity index (χ3v) is 6.31. The lowest BCUT2D eigenvalue weighted by atomic mass is 10.2. The van der Waals surface area contributed by atoms with Crippen molar-refractivity contribution in [3.05, 3.63) is 86.8 Å². The Morgan fingerprint density at radius 2 is 1.88 bits per heavy atom. The minimum absolute atomic E-state index is 0.00693. The normalized spacial score (nSPS) is 11.4. The lowest BCUT2D eigenvalue weighted by molar-refractivity contribution is 0.0955. The summed E-state index contributed by atoms with van der Waals surface area (Å²) >= 11 is 9.63. The maximum Gasteiger partial charge on any atom is 0.339 e. The molecule has 0 fully saturated rings. The van der Waals surface area contributed by atoms with Gasteiger partial charge in [0.1, 0.15) is 4.90 Å². The van der Waals surface area contributed by atoms with Crippen molar-refractivity contribution in [3.8, 4) is 11.5 Å². The molecule has 0 saturated heterocycles. The summed E-state index contributed by atoms with van der Waals surface area (Å²) < 4.78 is 37.0. The molecule has 1 N–H and O–H groups in total. The summed E-state index contributed by atoms with van der Waals surface area (Å²) in [6.45, 7) is 3.84. The molecular formula is C23H20BrClN2O5S. The van der Waals surface area contributed by atoms with E-state index in [4.69, 9.17) is 20.5 Å². The summed E-state index contributed by atoms with van der Waals surface area (Å²) in [6.07, 6.45) is 1.36. The Labute approximate surface area is 205 Å². The highest BCUT2D eigenvalue weighted by Crippen LogP contribution is 2.38. The molecule has 3 aromatic carbocycles. The number of carbonyl (C=O) groups is 1. The van der Waals surface area contributed by atoms with Gasteiger partial charge >= 0.3 is 10.1 Å². The molecular weight excluding hydrogens is 532 g/mol. The number of nitrogens with zero attached hydrogens (tertiary/aromatic N) is 1. The lowest BCUT2D eigenvalue weighted by Crippen LogP contribution is -2.17. The minimum Gasteiger partial charge on any atom is -0.490 e. The van der Waals surface area contributed by atoms with E-state index in [1.165, 1.54) is 30.5 Å². The highest BCUT2D eigenvalue weighted by molar-refractivity contribution is 9.10. The van der Waals surface area contributed by atoms with Gasteiger partial charge in [-0.3, -0.25) is 4.79 Å². The van der Waals surface area contributed by atoms with Gasteiger partial charge in [0.15, 0.2) is 5.75 Å². The molecule has 0 aliphatic carbocycles. The van der Waals surface area contributed by atoms with E-state index in [0.717, 1.165) is 10.0 Å². The highest BCUT2D eigenvalue weighted by atomic mass is 79.9. The molecule has 0 radical (unpaired) electrons. The molecule has 7 nitrogen and oxygen atoms in total.